The van der Waals surface area contributed by atoms with Crippen molar-refractivity contribution in [3.63, 3.8) is 0 Å². The van der Waals surface area contributed by atoms with Crippen LogP contribution in [0.25, 0.3) is 0 Å². The summed E-state index contributed by atoms with van der Waals surface area (Å²) in [5, 5.41) is 0. The molecule has 1 heteroatoms. The maximum absolute atomic E-state index is 3.40. The van der Waals surface area contributed by atoms with Gasteiger partial charge in [-0.25, -0.2) is 0 Å². The Kier molecular flexibility index (Phi) is 6.09. The zero-order chi connectivity index (χ0) is 9.61. The summed E-state index contributed by atoms with van der Waals surface area (Å²) in [5.74, 6) is 6.70. The third-order valence-electron chi connectivity index (χ3n) is 2.27. The molecule has 0 unspecified atom stereocenters. The molecule has 0 aliphatic carbocycles. The van der Waals surface area contributed by atoms with Crippen LogP contribution in [0.15, 0.2) is 0 Å². The first kappa shape index (κ1) is 12.4. The average molecular weight is 273 g/mol. The third kappa shape index (κ3) is 5.94. The van der Waals surface area contributed by atoms with E-state index in [4.69, 9.17) is 0 Å². The van der Waals surface area contributed by atoms with Gasteiger partial charge >= 0.3 is 82.1 Å². The predicted molar refractivity (Wildman–Crippen MR) is 60.1 cm³/mol. The fraction of sp³-hybridized carbons (Fsp3) is 0.818. The molecule has 0 N–H and O–H groups in total. The molecule has 0 amide bonds. The molecule has 0 aromatic heterocycles. The minimum atomic E-state index is -1.67. The van der Waals surface area contributed by atoms with Gasteiger partial charge in [-0.15, -0.1) is 0 Å². The topological polar surface area (TPSA) is 0 Å². The van der Waals surface area contributed by atoms with E-state index in [9.17, 15) is 0 Å². The molecule has 12 heavy (non-hydrogen) atoms. The molecule has 0 rings (SSSR count). The van der Waals surface area contributed by atoms with Gasteiger partial charge in [0, 0.05) is 0 Å². The van der Waals surface area contributed by atoms with Crippen LogP contribution in [0, 0.1) is 11.8 Å². The zero-order valence-electron chi connectivity index (χ0n) is 9.20. The molecule has 0 aliphatic heterocycles. The van der Waals surface area contributed by atoms with Crippen molar-refractivity contribution < 1.29 is 0 Å². The minimum absolute atomic E-state index is 0.719. The monoisotopic (exact) mass is 274 g/mol. The Morgan fingerprint density at radius 2 is 1.83 bits per heavy atom. The average Bonchev–Trinajstić information content (AvgIpc) is 1.96. The van der Waals surface area contributed by atoms with Gasteiger partial charge in [0.2, 0.25) is 0 Å². The molecule has 0 heterocycles. The standard InChI is InChI=1S/C8H13.3CH3.Sn/c1-3-5-7-8-6-4-2;;;;/h3H,4,6,8H2,1-2H3;3*1H3;. The van der Waals surface area contributed by atoms with Crippen LogP contribution in [-0.4, -0.2) is 18.4 Å². The molecule has 0 saturated carbocycles. The van der Waals surface area contributed by atoms with Crippen LogP contribution in [0.1, 0.15) is 33.1 Å². The van der Waals surface area contributed by atoms with Crippen LogP contribution >= 0.6 is 0 Å². The van der Waals surface area contributed by atoms with E-state index in [0.717, 1.165) is 10.4 Å². The normalized spacial score (nSPS) is 13.4. The number of unbranched alkanes of at least 4 members (excludes halogenated alkanes) is 2. The quantitative estimate of drug-likeness (QED) is 0.415. The Morgan fingerprint density at radius 3 is 2.25 bits per heavy atom. The molecule has 0 aromatic rings. The number of rotatable bonds is 3. The van der Waals surface area contributed by atoms with Gasteiger partial charge in [-0.2, -0.15) is 0 Å². The second-order valence-corrected chi connectivity index (χ2v) is 20.5. The van der Waals surface area contributed by atoms with Crippen molar-refractivity contribution in [1.82, 2.24) is 0 Å². The molecule has 1 atom stereocenters. The van der Waals surface area contributed by atoms with E-state index in [2.05, 4.69) is 40.5 Å². The predicted octanol–water partition coefficient (Wildman–Crippen LogP) is 3.91. The molecule has 0 saturated heterocycles. The van der Waals surface area contributed by atoms with Crippen molar-refractivity contribution in [1.29, 1.82) is 0 Å². The molecule has 0 bridgehead atoms. The second kappa shape index (κ2) is 5.91. The van der Waals surface area contributed by atoms with Gasteiger partial charge in [0.05, 0.1) is 0 Å². The first-order valence-corrected chi connectivity index (χ1v) is 15.2. The van der Waals surface area contributed by atoms with Crippen molar-refractivity contribution in [3.05, 3.63) is 0 Å². The Balaban J connectivity index is 3.79. The number of hydrogen-bond donors (Lipinski definition) is 0. The summed E-state index contributed by atoms with van der Waals surface area (Å²) in [6, 6.07) is 0. The SMILES string of the molecule is CCCCC#C[C@@H](C)[Sn]([CH3])([CH3])[CH3]. The zero-order valence-corrected chi connectivity index (χ0v) is 12.1. The first-order chi connectivity index (χ1) is 5.48. The maximum atomic E-state index is 3.40. The van der Waals surface area contributed by atoms with Crippen molar-refractivity contribution in [3.8, 4) is 11.8 Å². The molecule has 0 spiro atoms. The molecule has 0 aromatic carbocycles. The van der Waals surface area contributed by atoms with Crippen LogP contribution in [0.2, 0.25) is 18.8 Å². The van der Waals surface area contributed by atoms with Crippen LogP contribution < -0.4 is 0 Å². The summed E-state index contributed by atoms with van der Waals surface area (Å²) in [4.78, 5) is 7.36. The second-order valence-electron chi connectivity index (χ2n) is 4.51. The Labute approximate surface area is 82.0 Å². The van der Waals surface area contributed by atoms with Gasteiger partial charge in [0.1, 0.15) is 0 Å². The summed E-state index contributed by atoms with van der Waals surface area (Å²) in [7, 11) is 0. The molecular formula is C11H22Sn. The summed E-state index contributed by atoms with van der Waals surface area (Å²) < 4.78 is 0.719. The molecule has 0 nitrogen and oxygen atoms in total. The van der Waals surface area contributed by atoms with E-state index in [1.807, 2.05) is 0 Å². The molecule has 70 valence electrons. The number of hydrogen-bond acceptors (Lipinski definition) is 0. The fourth-order valence-electron chi connectivity index (χ4n) is 0.707. The first-order valence-electron chi connectivity index (χ1n) is 4.97. The Morgan fingerprint density at radius 1 is 1.25 bits per heavy atom. The summed E-state index contributed by atoms with van der Waals surface area (Å²) in [5.41, 5.74) is 0. The van der Waals surface area contributed by atoms with Crippen LogP contribution in [-0.2, 0) is 0 Å². The fourth-order valence-corrected chi connectivity index (χ4v) is 2.23. The van der Waals surface area contributed by atoms with Gasteiger partial charge in [-0.05, 0) is 0 Å². The van der Waals surface area contributed by atoms with Crippen molar-refractivity contribution in [2.75, 3.05) is 0 Å². The van der Waals surface area contributed by atoms with Crippen LogP contribution in [0.3, 0.4) is 0 Å². The van der Waals surface area contributed by atoms with Crippen LogP contribution in [0.5, 0.6) is 0 Å². The molecule has 0 radical (unpaired) electrons. The van der Waals surface area contributed by atoms with E-state index in [1.165, 1.54) is 12.8 Å². The summed E-state index contributed by atoms with van der Waals surface area (Å²) >= 11 is -1.67. The van der Waals surface area contributed by atoms with Crippen molar-refractivity contribution >= 4 is 18.4 Å². The van der Waals surface area contributed by atoms with Gasteiger partial charge in [-0.1, -0.05) is 0 Å². The summed E-state index contributed by atoms with van der Waals surface area (Å²) in [6.07, 6.45) is 3.63. The van der Waals surface area contributed by atoms with E-state index >= 15 is 0 Å². The van der Waals surface area contributed by atoms with E-state index in [-0.39, 0.29) is 0 Å². The van der Waals surface area contributed by atoms with Crippen LogP contribution in [0.4, 0.5) is 0 Å². The van der Waals surface area contributed by atoms with E-state index < -0.39 is 18.4 Å². The van der Waals surface area contributed by atoms with Crippen molar-refractivity contribution in [2.45, 2.75) is 51.9 Å². The molecule has 0 aliphatic rings. The van der Waals surface area contributed by atoms with Gasteiger partial charge in [-0.3, -0.25) is 0 Å². The molecule has 0 fully saturated rings. The third-order valence-corrected chi connectivity index (χ3v) is 10.1. The van der Waals surface area contributed by atoms with Gasteiger partial charge in [0.15, 0.2) is 0 Å². The van der Waals surface area contributed by atoms with Crippen molar-refractivity contribution in [2.24, 2.45) is 0 Å². The van der Waals surface area contributed by atoms with Gasteiger partial charge < -0.3 is 0 Å². The van der Waals surface area contributed by atoms with Gasteiger partial charge in [0.25, 0.3) is 0 Å². The summed E-state index contributed by atoms with van der Waals surface area (Å²) in [6.45, 7) is 4.52. The molecular weight excluding hydrogens is 251 g/mol. The van der Waals surface area contributed by atoms with E-state index in [0.29, 0.717) is 0 Å². The Hall–Kier alpha value is 0.359. The van der Waals surface area contributed by atoms with E-state index in [1.54, 1.807) is 0 Å². The Bertz CT molecular complexity index is 166.